The van der Waals surface area contributed by atoms with Crippen molar-refractivity contribution in [1.82, 2.24) is 0 Å². The third-order valence-electron chi connectivity index (χ3n) is 3.70. The van der Waals surface area contributed by atoms with Crippen molar-refractivity contribution in [1.29, 1.82) is 0 Å². The number of hydrogen-bond acceptors (Lipinski definition) is 2. The number of phenols is 1. The Morgan fingerprint density at radius 2 is 2.07 bits per heavy atom. The Labute approximate surface area is 82.6 Å². The predicted octanol–water partition coefficient (Wildman–Crippen LogP) is 1.94. The van der Waals surface area contributed by atoms with Crippen molar-refractivity contribution in [3.8, 4) is 5.75 Å². The summed E-state index contributed by atoms with van der Waals surface area (Å²) < 4.78 is 0. The Morgan fingerprint density at radius 1 is 1.29 bits per heavy atom. The Morgan fingerprint density at radius 3 is 2.71 bits per heavy atom. The fourth-order valence-corrected chi connectivity index (χ4v) is 2.73. The molecule has 2 nitrogen and oxygen atoms in total. The molecule has 72 valence electrons. The molecule has 0 amide bonds. The molecule has 0 aliphatic heterocycles. The summed E-state index contributed by atoms with van der Waals surface area (Å²) in [4.78, 5) is 11.9. The van der Waals surface area contributed by atoms with Crippen LogP contribution in [0.25, 0.3) is 0 Å². The highest BCUT2D eigenvalue weighted by atomic mass is 16.3. The van der Waals surface area contributed by atoms with Gasteiger partial charge in [0.1, 0.15) is 11.5 Å². The molecule has 2 aliphatic rings. The van der Waals surface area contributed by atoms with Crippen molar-refractivity contribution in [3.63, 3.8) is 0 Å². The van der Waals surface area contributed by atoms with Gasteiger partial charge in [-0.3, -0.25) is 4.79 Å². The second kappa shape index (κ2) is 2.38. The maximum Gasteiger partial charge on any atom is 0.147 e. The molecule has 3 rings (SSSR count). The van der Waals surface area contributed by atoms with E-state index in [2.05, 4.69) is 0 Å². The van der Waals surface area contributed by atoms with Gasteiger partial charge in [0, 0.05) is 6.42 Å². The highest BCUT2D eigenvalue weighted by Crippen LogP contribution is 2.50. The van der Waals surface area contributed by atoms with Crippen LogP contribution in [0.15, 0.2) is 18.2 Å². The van der Waals surface area contributed by atoms with E-state index in [9.17, 15) is 9.90 Å². The van der Waals surface area contributed by atoms with Gasteiger partial charge in [-0.15, -0.1) is 0 Å². The molecule has 0 heterocycles. The Kier molecular flexibility index (Phi) is 1.37. The first kappa shape index (κ1) is 8.04. The molecule has 1 N–H and O–H groups in total. The van der Waals surface area contributed by atoms with E-state index in [1.165, 1.54) is 0 Å². The number of fused-ring (bicyclic) bond motifs is 2. The van der Waals surface area contributed by atoms with E-state index in [1.54, 1.807) is 12.1 Å². The first-order valence-corrected chi connectivity index (χ1v) is 5.08. The molecule has 1 aromatic rings. The topological polar surface area (TPSA) is 37.3 Å². The zero-order chi connectivity index (χ0) is 9.76. The number of hydrogen-bond donors (Lipinski definition) is 1. The minimum Gasteiger partial charge on any atom is -0.508 e. The molecule has 1 saturated carbocycles. The van der Waals surface area contributed by atoms with Crippen molar-refractivity contribution in [3.05, 3.63) is 29.3 Å². The van der Waals surface area contributed by atoms with Gasteiger partial charge in [0.15, 0.2) is 0 Å². The number of aromatic hydroxyl groups is 1. The molecule has 0 aromatic heterocycles. The molecular weight excluding hydrogens is 176 g/mol. The molecule has 14 heavy (non-hydrogen) atoms. The van der Waals surface area contributed by atoms with Crippen LogP contribution in [0.2, 0.25) is 0 Å². The second-order valence-electron chi connectivity index (χ2n) is 4.38. The van der Waals surface area contributed by atoms with E-state index in [0.717, 1.165) is 30.4 Å². The number of Topliss-reactive ketones (excluding diaryl/α,β-unsaturated/α-hetero) is 1. The quantitative estimate of drug-likeness (QED) is 0.675. The molecule has 0 radical (unpaired) electrons. The fourth-order valence-electron chi connectivity index (χ4n) is 2.73. The van der Waals surface area contributed by atoms with Gasteiger partial charge in [-0.1, -0.05) is 12.5 Å². The number of carbonyl (C=O) groups excluding carboxylic acids is 1. The summed E-state index contributed by atoms with van der Waals surface area (Å²) in [6.07, 6.45) is 3.65. The van der Waals surface area contributed by atoms with Crippen LogP contribution in [0.1, 0.15) is 30.4 Å². The highest BCUT2D eigenvalue weighted by molar-refractivity contribution is 5.97. The molecule has 1 spiro atoms. The number of ketones is 1. The summed E-state index contributed by atoms with van der Waals surface area (Å²) in [6.45, 7) is 0. The smallest absolute Gasteiger partial charge is 0.147 e. The minimum atomic E-state index is -0.200. The van der Waals surface area contributed by atoms with Crippen molar-refractivity contribution < 1.29 is 9.90 Å². The fraction of sp³-hybridized carbons (Fsp3) is 0.417. The first-order valence-electron chi connectivity index (χ1n) is 5.08. The van der Waals surface area contributed by atoms with Gasteiger partial charge >= 0.3 is 0 Å². The molecular formula is C12H12O2. The maximum absolute atomic E-state index is 11.9. The summed E-state index contributed by atoms with van der Waals surface area (Å²) in [5, 5.41) is 9.42. The number of benzene rings is 1. The lowest BCUT2D eigenvalue weighted by Gasteiger charge is -2.37. The normalized spacial score (nSPS) is 22.1. The summed E-state index contributed by atoms with van der Waals surface area (Å²) in [6, 6.07) is 5.33. The molecule has 0 unspecified atom stereocenters. The zero-order valence-electron chi connectivity index (χ0n) is 7.92. The number of rotatable bonds is 0. The first-order chi connectivity index (χ1) is 6.72. The van der Waals surface area contributed by atoms with E-state index >= 15 is 0 Å². The minimum absolute atomic E-state index is 0.200. The Balaban J connectivity index is 2.20. The lowest BCUT2D eigenvalue weighted by atomic mass is 9.64. The van der Waals surface area contributed by atoms with Crippen molar-refractivity contribution in [2.45, 2.75) is 31.1 Å². The standard InChI is InChI=1S/C12H12O2/c13-9-3-2-8-6-11(14)12(4-1-5-12)10(8)7-9/h2-3,7,13H,1,4-6H2. The summed E-state index contributed by atoms with van der Waals surface area (Å²) in [7, 11) is 0. The van der Waals surface area contributed by atoms with Gasteiger partial charge < -0.3 is 5.11 Å². The van der Waals surface area contributed by atoms with Crippen LogP contribution in [0, 0.1) is 0 Å². The van der Waals surface area contributed by atoms with Crippen LogP contribution in [0.3, 0.4) is 0 Å². The van der Waals surface area contributed by atoms with Crippen LogP contribution in [0.4, 0.5) is 0 Å². The summed E-state index contributed by atoms with van der Waals surface area (Å²) >= 11 is 0. The van der Waals surface area contributed by atoms with Crippen molar-refractivity contribution >= 4 is 5.78 Å². The third kappa shape index (κ3) is 0.788. The largest absolute Gasteiger partial charge is 0.508 e. The van der Waals surface area contributed by atoms with Gasteiger partial charge in [-0.05, 0) is 36.1 Å². The zero-order valence-corrected chi connectivity index (χ0v) is 7.92. The molecule has 1 aromatic carbocycles. The van der Waals surface area contributed by atoms with Crippen LogP contribution in [-0.4, -0.2) is 10.9 Å². The highest BCUT2D eigenvalue weighted by Gasteiger charge is 2.50. The van der Waals surface area contributed by atoms with E-state index in [4.69, 9.17) is 0 Å². The van der Waals surface area contributed by atoms with Gasteiger partial charge in [0.25, 0.3) is 0 Å². The molecule has 1 fully saturated rings. The van der Waals surface area contributed by atoms with E-state index < -0.39 is 0 Å². The summed E-state index contributed by atoms with van der Waals surface area (Å²) in [5.74, 6) is 0.633. The van der Waals surface area contributed by atoms with Crippen LogP contribution in [0.5, 0.6) is 5.75 Å². The lowest BCUT2D eigenvalue weighted by molar-refractivity contribution is -0.125. The predicted molar refractivity (Wildman–Crippen MR) is 52.3 cm³/mol. The van der Waals surface area contributed by atoms with E-state index in [0.29, 0.717) is 12.2 Å². The van der Waals surface area contributed by atoms with Crippen molar-refractivity contribution in [2.24, 2.45) is 0 Å². The van der Waals surface area contributed by atoms with Crippen molar-refractivity contribution in [2.75, 3.05) is 0 Å². The van der Waals surface area contributed by atoms with Crippen LogP contribution < -0.4 is 0 Å². The molecule has 2 heteroatoms. The molecule has 0 bridgehead atoms. The third-order valence-corrected chi connectivity index (χ3v) is 3.70. The lowest BCUT2D eigenvalue weighted by Crippen LogP contribution is -2.39. The van der Waals surface area contributed by atoms with Gasteiger partial charge in [0.2, 0.25) is 0 Å². The average molecular weight is 188 g/mol. The van der Waals surface area contributed by atoms with Crippen LogP contribution in [-0.2, 0) is 16.6 Å². The second-order valence-corrected chi connectivity index (χ2v) is 4.38. The monoisotopic (exact) mass is 188 g/mol. The Bertz CT molecular complexity index is 416. The SMILES string of the molecule is O=C1Cc2ccc(O)cc2C12CCC2. The average Bonchev–Trinajstić information content (AvgIpc) is 2.35. The Hall–Kier alpha value is -1.31. The maximum atomic E-state index is 11.9. The number of carbonyl (C=O) groups is 1. The van der Waals surface area contributed by atoms with E-state index in [-0.39, 0.29) is 11.2 Å². The molecule has 0 saturated heterocycles. The number of phenolic OH excluding ortho intramolecular Hbond substituents is 1. The van der Waals surface area contributed by atoms with Crippen LogP contribution >= 0.6 is 0 Å². The van der Waals surface area contributed by atoms with E-state index in [1.807, 2.05) is 6.07 Å². The molecule has 0 atom stereocenters. The molecule has 2 aliphatic carbocycles. The van der Waals surface area contributed by atoms with Gasteiger partial charge in [0.05, 0.1) is 5.41 Å². The summed E-state index contributed by atoms with van der Waals surface area (Å²) in [5.41, 5.74) is 2.01. The van der Waals surface area contributed by atoms with Gasteiger partial charge in [-0.25, -0.2) is 0 Å². The van der Waals surface area contributed by atoms with Gasteiger partial charge in [-0.2, -0.15) is 0 Å².